The van der Waals surface area contributed by atoms with Crippen molar-refractivity contribution in [1.82, 2.24) is 0 Å². The smallest absolute Gasteiger partial charge is 0.163 e. The van der Waals surface area contributed by atoms with Crippen LogP contribution in [0.15, 0.2) is 36.4 Å². The van der Waals surface area contributed by atoms with E-state index < -0.39 is 0 Å². The summed E-state index contributed by atoms with van der Waals surface area (Å²) in [4.78, 5) is 12.1. The molecule has 0 spiro atoms. The zero-order chi connectivity index (χ0) is 15.4. The van der Waals surface area contributed by atoms with Gasteiger partial charge in [-0.25, -0.2) is 0 Å². The van der Waals surface area contributed by atoms with Gasteiger partial charge in [-0.3, -0.25) is 4.79 Å². The number of phenolic OH excluding ortho intramolecular Hbond substituents is 3. The molecule has 110 valence electrons. The predicted molar refractivity (Wildman–Crippen MR) is 77.1 cm³/mol. The van der Waals surface area contributed by atoms with Crippen molar-refractivity contribution in [2.75, 3.05) is 7.11 Å². The lowest BCUT2D eigenvalue weighted by molar-refractivity contribution is 0.0982. The number of benzene rings is 2. The van der Waals surface area contributed by atoms with E-state index in [0.29, 0.717) is 17.5 Å². The highest BCUT2D eigenvalue weighted by Crippen LogP contribution is 2.28. The predicted octanol–water partition coefficient (Wildman–Crippen LogP) is 2.63. The number of ketones is 1. The van der Waals surface area contributed by atoms with Crippen molar-refractivity contribution >= 4 is 5.78 Å². The van der Waals surface area contributed by atoms with E-state index in [1.54, 1.807) is 6.07 Å². The number of Topliss-reactive ketones (excluding diaryl/α,β-unsaturated/α-hetero) is 1. The Kier molecular flexibility index (Phi) is 4.33. The standard InChI is InChI=1S/C16H16O5/c1-21-16-8-11(4-7-14(16)19)13(18)6-3-10-2-5-12(17)9-15(10)20/h2,4-5,7-9,17,19-20H,3,6H2,1H3. The van der Waals surface area contributed by atoms with E-state index in [2.05, 4.69) is 0 Å². The Morgan fingerprint density at radius 3 is 2.48 bits per heavy atom. The molecule has 21 heavy (non-hydrogen) atoms. The first-order chi connectivity index (χ1) is 10.0. The summed E-state index contributed by atoms with van der Waals surface area (Å²) in [6, 6.07) is 8.69. The van der Waals surface area contributed by atoms with E-state index in [0.717, 1.165) is 0 Å². The minimum absolute atomic E-state index is 0.0224. The second kappa shape index (κ2) is 6.17. The Balaban J connectivity index is 2.08. The molecule has 0 amide bonds. The minimum Gasteiger partial charge on any atom is -0.508 e. The number of phenols is 3. The molecule has 2 aromatic carbocycles. The van der Waals surface area contributed by atoms with Gasteiger partial charge >= 0.3 is 0 Å². The second-order valence-electron chi connectivity index (χ2n) is 4.62. The topological polar surface area (TPSA) is 87.0 Å². The van der Waals surface area contributed by atoms with E-state index >= 15 is 0 Å². The van der Waals surface area contributed by atoms with Crippen LogP contribution < -0.4 is 4.74 Å². The third-order valence-electron chi connectivity index (χ3n) is 3.19. The molecule has 0 radical (unpaired) electrons. The molecule has 0 aliphatic carbocycles. The molecule has 0 aromatic heterocycles. The van der Waals surface area contributed by atoms with Crippen LogP contribution in [0, 0.1) is 0 Å². The summed E-state index contributed by atoms with van der Waals surface area (Å²) in [5.74, 6) is 0.0382. The quantitative estimate of drug-likeness (QED) is 0.736. The van der Waals surface area contributed by atoms with Crippen molar-refractivity contribution in [3.63, 3.8) is 0 Å². The number of rotatable bonds is 5. The third-order valence-corrected chi connectivity index (χ3v) is 3.19. The minimum atomic E-state index is -0.124. The van der Waals surface area contributed by atoms with E-state index in [-0.39, 0.29) is 35.2 Å². The highest BCUT2D eigenvalue weighted by molar-refractivity contribution is 5.96. The lowest BCUT2D eigenvalue weighted by atomic mass is 10.0. The van der Waals surface area contributed by atoms with E-state index in [9.17, 15) is 20.1 Å². The van der Waals surface area contributed by atoms with Crippen molar-refractivity contribution in [2.24, 2.45) is 0 Å². The van der Waals surface area contributed by atoms with E-state index in [1.807, 2.05) is 0 Å². The zero-order valence-electron chi connectivity index (χ0n) is 11.5. The van der Waals surface area contributed by atoms with Crippen molar-refractivity contribution in [2.45, 2.75) is 12.8 Å². The molecular formula is C16H16O5. The normalized spacial score (nSPS) is 10.3. The number of hydrogen-bond acceptors (Lipinski definition) is 5. The third kappa shape index (κ3) is 3.45. The van der Waals surface area contributed by atoms with Gasteiger partial charge in [0.25, 0.3) is 0 Å². The van der Waals surface area contributed by atoms with Gasteiger partial charge in [-0.2, -0.15) is 0 Å². The van der Waals surface area contributed by atoms with Crippen LogP contribution in [0.2, 0.25) is 0 Å². The summed E-state index contributed by atoms with van der Waals surface area (Å²) in [5.41, 5.74) is 1.02. The molecule has 0 aliphatic rings. The lowest BCUT2D eigenvalue weighted by Gasteiger charge is -2.07. The molecule has 0 saturated carbocycles. The highest BCUT2D eigenvalue weighted by Gasteiger charge is 2.11. The number of aromatic hydroxyl groups is 3. The molecule has 0 aliphatic heterocycles. The molecule has 0 bridgehead atoms. The average molecular weight is 288 g/mol. The Bertz CT molecular complexity index is 664. The van der Waals surface area contributed by atoms with E-state index in [1.165, 1.54) is 37.4 Å². The first-order valence-corrected chi connectivity index (χ1v) is 6.42. The fourth-order valence-electron chi connectivity index (χ4n) is 2.01. The Hall–Kier alpha value is -2.69. The molecule has 0 unspecified atom stereocenters. The molecule has 5 nitrogen and oxygen atoms in total. The molecule has 2 aromatic rings. The number of ether oxygens (including phenoxy) is 1. The maximum Gasteiger partial charge on any atom is 0.163 e. The molecule has 3 N–H and O–H groups in total. The fraction of sp³-hybridized carbons (Fsp3) is 0.188. The van der Waals surface area contributed by atoms with Crippen LogP contribution in [0.1, 0.15) is 22.3 Å². The molecule has 0 saturated heterocycles. The van der Waals surface area contributed by atoms with Crippen molar-refractivity contribution in [3.05, 3.63) is 47.5 Å². The maximum absolute atomic E-state index is 12.1. The monoisotopic (exact) mass is 288 g/mol. The van der Waals surface area contributed by atoms with E-state index in [4.69, 9.17) is 4.74 Å². The number of aryl methyl sites for hydroxylation is 1. The van der Waals surface area contributed by atoms with Crippen molar-refractivity contribution in [3.8, 4) is 23.0 Å². The molecule has 5 heteroatoms. The number of carbonyl (C=O) groups is 1. The van der Waals surface area contributed by atoms with Gasteiger partial charge in [0, 0.05) is 18.1 Å². The largest absolute Gasteiger partial charge is 0.508 e. The second-order valence-corrected chi connectivity index (χ2v) is 4.62. The van der Waals surface area contributed by atoms with Crippen LogP contribution in [0.3, 0.4) is 0 Å². The Morgan fingerprint density at radius 2 is 1.81 bits per heavy atom. The molecule has 0 heterocycles. The van der Waals surface area contributed by atoms with Crippen molar-refractivity contribution < 1.29 is 24.9 Å². The summed E-state index contributed by atoms with van der Waals surface area (Å²) in [5, 5.41) is 28.4. The number of methoxy groups -OCH3 is 1. The highest BCUT2D eigenvalue weighted by atomic mass is 16.5. The lowest BCUT2D eigenvalue weighted by Crippen LogP contribution is -2.02. The Morgan fingerprint density at radius 1 is 1.05 bits per heavy atom. The zero-order valence-corrected chi connectivity index (χ0v) is 11.5. The number of carbonyl (C=O) groups excluding carboxylic acids is 1. The van der Waals surface area contributed by atoms with Gasteiger partial charge in [0.1, 0.15) is 11.5 Å². The van der Waals surface area contributed by atoms with Gasteiger partial charge in [-0.1, -0.05) is 6.07 Å². The molecular weight excluding hydrogens is 272 g/mol. The van der Waals surface area contributed by atoms with Gasteiger partial charge in [0.2, 0.25) is 0 Å². The van der Waals surface area contributed by atoms with Crippen LogP contribution in [-0.4, -0.2) is 28.2 Å². The molecule has 0 atom stereocenters. The van der Waals surface area contributed by atoms with Crippen LogP contribution in [0.4, 0.5) is 0 Å². The molecule has 2 rings (SSSR count). The van der Waals surface area contributed by atoms with Gasteiger partial charge in [0.15, 0.2) is 17.3 Å². The summed E-state index contributed by atoms with van der Waals surface area (Å²) in [6.07, 6.45) is 0.556. The fourth-order valence-corrected chi connectivity index (χ4v) is 2.01. The average Bonchev–Trinajstić information content (AvgIpc) is 2.46. The number of hydrogen-bond donors (Lipinski definition) is 3. The van der Waals surface area contributed by atoms with Crippen LogP contribution in [0.25, 0.3) is 0 Å². The first kappa shape index (κ1) is 14.7. The summed E-state index contributed by atoms with van der Waals surface area (Å²) in [7, 11) is 1.41. The van der Waals surface area contributed by atoms with Gasteiger partial charge in [-0.15, -0.1) is 0 Å². The Labute approximate surface area is 122 Å². The summed E-state index contributed by atoms with van der Waals surface area (Å²) in [6.45, 7) is 0. The van der Waals surface area contributed by atoms with Gasteiger partial charge < -0.3 is 20.1 Å². The summed E-state index contributed by atoms with van der Waals surface area (Å²) < 4.78 is 4.96. The van der Waals surface area contributed by atoms with Crippen LogP contribution >= 0.6 is 0 Å². The maximum atomic E-state index is 12.1. The van der Waals surface area contributed by atoms with Gasteiger partial charge in [0.05, 0.1) is 7.11 Å². The van der Waals surface area contributed by atoms with Crippen LogP contribution in [-0.2, 0) is 6.42 Å². The first-order valence-electron chi connectivity index (χ1n) is 6.42. The van der Waals surface area contributed by atoms with Crippen LogP contribution in [0.5, 0.6) is 23.0 Å². The SMILES string of the molecule is COc1cc(C(=O)CCc2ccc(O)cc2O)ccc1O. The summed E-state index contributed by atoms with van der Waals surface area (Å²) >= 11 is 0. The van der Waals surface area contributed by atoms with Crippen molar-refractivity contribution in [1.29, 1.82) is 0 Å². The van der Waals surface area contributed by atoms with Gasteiger partial charge in [-0.05, 0) is 36.2 Å². The molecule has 0 fully saturated rings.